The topological polar surface area (TPSA) is 79.1 Å². The molecule has 7 heteroatoms. The zero-order valence-electron chi connectivity index (χ0n) is 15.6. The lowest BCUT2D eigenvalue weighted by molar-refractivity contribution is 0.148. The number of hydrogen-bond acceptors (Lipinski definition) is 6. The first kappa shape index (κ1) is 17.4. The minimum atomic E-state index is -0.391. The molecule has 0 amide bonds. The Labute approximate surface area is 154 Å². The largest absolute Gasteiger partial charge is 0.386 e. The maximum atomic E-state index is 10.4. The molecule has 1 atom stereocenters. The molecule has 0 spiro atoms. The Morgan fingerprint density at radius 3 is 2.69 bits per heavy atom. The van der Waals surface area contributed by atoms with Crippen molar-refractivity contribution in [1.29, 1.82) is 0 Å². The van der Waals surface area contributed by atoms with E-state index in [4.69, 9.17) is 0 Å². The van der Waals surface area contributed by atoms with Crippen LogP contribution in [-0.4, -0.2) is 42.3 Å². The number of rotatable bonds is 6. The maximum Gasteiger partial charge on any atom is 0.222 e. The molecule has 4 rings (SSSR count). The number of anilines is 1. The molecular formula is C19H28N6O. The van der Waals surface area contributed by atoms with E-state index in [0.29, 0.717) is 17.9 Å². The van der Waals surface area contributed by atoms with Crippen LogP contribution in [0.2, 0.25) is 0 Å². The molecule has 26 heavy (non-hydrogen) atoms. The van der Waals surface area contributed by atoms with Gasteiger partial charge in [0.25, 0.3) is 0 Å². The van der Waals surface area contributed by atoms with Crippen molar-refractivity contribution in [3.8, 4) is 0 Å². The fraction of sp³-hybridized carbons (Fsp3) is 0.632. The second kappa shape index (κ2) is 7.32. The summed E-state index contributed by atoms with van der Waals surface area (Å²) in [6.07, 6.45) is 6.72. The van der Waals surface area contributed by atoms with Gasteiger partial charge in [-0.2, -0.15) is 5.10 Å². The monoisotopic (exact) mass is 356 g/mol. The highest BCUT2D eigenvalue weighted by molar-refractivity contribution is 5.25. The molecule has 3 heterocycles. The summed E-state index contributed by atoms with van der Waals surface area (Å²) in [5.41, 5.74) is 3.15. The van der Waals surface area contributed by atoms with Gasteiger partial charge in [-0.25, -0.2) is 9.97 Å². The van der Waals surface area contributed by atoms with Crippen molar-refractivity contribution < 1.29 is 5.11 Å². The van der Waals surface area contributed by atoms with Crippen molar-refractivity contribution in [3.05, 3.63) is 35.4 Å². The number of hydrogen-bond donors (Lipinski definition) is 2. The minimum Gasteiger partial charge on any atom is -0.386 e. The number of aryl methyl sites for hydroxylation is 1. The molecule has 140 valence electrons. The first-order chi connectivity index (χ1) is 12.6. The molecule has 1 aliphatic carbocycles. The third kappa shape index (κ3) is 4.04. The lowest BCUT2D eigenvalue weighted by atomic mass is 10.1. The van der Waals surface area contributed by atoms with E-state index >= 15 is 0 Å². The van der Waals surface area contributed by atoms with Crippen LogP contribution in [-0.2, 0) is 19.6 Å². The van der Waals surface area contributed by atoms with E-state index in [0.717, 1.165) is 56.7 Å². The van der Waals surface area contributed by atoms with E-state index in [9.17, 15) is 5.11 Å². The van der Waals surface area contributed by atoms with Crippen LogP contribution in [0.3, 0.4) is 0 Å². The van der Waals surface area contributed by atoms with E-state index in [-0.39, 0.29) is 0 Å². The predicted octanol–water partition coefficient (Wildman–Crippen LogP) is 2.34. The van der Waals surface area contributed by atoms with E-state index in [1.54, 1.807) is 0 Å². The molecule has 2 aromatic rings. The number of aromatic nitrogens is 4. The first-order valence-corrected chi connectivity index (χ1v) is 9.63. The molecule has 0 saturated heterocycles. The van der Waals surface area contributed by atoms with Crippen molar-refractivity contribution in [2.24, 2.45) is 5.92 Å². The van der Waals surface area contributed by atoms with Crippen molar-refractivity contribution in [1.82, 2.24) is 24.6 Å². The summed E-state index contributed by atoms with van der Waals surface area (Å²) in [6.45, 7) is 7.76. The lowest BCUT2D eigenvalue weighted by Gasteiger charge is -2.19. The number of fused-ring (bicyclic) bond motifs is 1. The third-order valence-electron chi connectivity index (χ3n) is 5.01. The second-order valence-electron chi connectivity index (χ2n) is 7.84. The molecule has 0 bridgehead atoms. The summed E-state index contributed by atoms with van der Waals surface area (Å²) in [7, 11) is 0. The normalized spacial score (nSPS) is 19.2. The van der Waals surface area contributed by atoms with Crippen LogP contribution in [0, 0.1) is 5.92 Å². The van der Waals surface area contributed by atoms with Crippen molar-refractivity contribution in [2.45, 2.75) is 64.9 Å². The van der Waals surface area contributed by atoms with Crippen molar-refractivity contribution in [2.75, 3.05) is 11.9 Å². The van der Waals surface area contributed by atoms with E-state index < -0.39 is 6.10 Å². The Morgan fingerprint density at radius 2 is 2.00 bits per heavy atom. The molecule has 2 aromatic heterocycles. The Balaban J connectivity index is 1.42. The van der Waals surface area contributed by atoms with Crippen LogP contribution in [0.15, 0.2) is 18.5 Å². The summed E-state index contributed by atoms with van der Waals surface area (Å²) in [6, 6.07) is 2.42. The minimum absolute atomic E-state index is 0.326. The van der Waals surface area contributed by atoms with Crippen molar-refractivity contribution in [3.63, 3.8) is 0 Å². The average Bonchev–Trinajstić information content (AvgIpc) is 3.40. The number of aliphatic hydroxyl groups is 1. The Hall–Kier alpha value is -1.99. The fourth-order valence-corrected chi connectivity index (χ4v) is 3.51. The van der Waals surface area contributed by atoms with Crippen LogP contribution < -0.4 is 5.32 Å². The standard InChI is InChI=1S/C19H28N6O/c1-13(2)22-19-20-9-14(10-21-19)11-24-6-3-7-25-16(12-24)8-17(23-25)18(26)15-4-5-15/h8-10,13,15,18,26H,3-7,11-12H2,1-2H3,(H,20,21,22)/t18-/m1/s1. The second-order valence-corrected chi connectivity index (χ2v) is 7.84. The average molecular weight is 356 g/mol. The van der Waals surface area contributed by atoms with Crippen molar-refractivity contribution >= 4 is 5.95 Å². The predicted molar refractivity (Wildman–Crippen MR) is 99.4 cm³/mol. The van der Waals surface area contributed by atoms with Crippen LogP contribution in [0.5, 0.6) is 0 Å². The van der Waals surface area contributed by atoms with E-state index in [2.05, 4.69) is 49.9 Å². The zero-order chi connectivity index (χ0) is 18.1. The van der Waals surface area contributed by atoms with Crippen LogP contribution in [0.25, 0.3) is 0 Å². The SMILES string of the molecule is CC(C)Nc1ncc(CN2CCCn3nc([C@H](O)C4CC4)cc3C2)cn1. The van der Waals surface area contributed by atoms with Gasteiger partial charge in [0.05, 0.1) is 11.4 Å². The van der Waals surface area contributed by atoms with Gasteiger partial charge in [-0.1, -0.05) is 0 Å². The summed E-state index contributed by atoms with van der Waals surface area (Å²) in [5, 5.41) is 18.2. The third-order valence-corrected chi connectivity index (χ3v) is 5.01. The summed E-state index contributed by atoms with van der Waals surface area (Å²) >= 11 is 0. The quantitative estimate of drug-likeness (QED) is 0.827. The molecule has 2 N–H and O–H groups in total. The van der Waals surface area contributed by atoms with Gasteiger partial charge in [-0.05, 0) is 45.1 Å². The van der Waals surface area contributed by atoms with Gasteiger partial charge in [0.15, 0.2) is 0 Å². The highest BCUT2D eigenvalue weighted by Crippen LogP contribution is 2.40. The number of aliphatic hydroxyl groups excluding tert-OH is 1. The van der Waals surface area contributed by atoms with Gasteiger partial charge in [0, 0.05) is 50.2 Å². The molecule has 0 aromatic carbocycles. The van der Waals surface area contributed by atoms with Gasteiger partial charge < -0.3 is 10.4 Å². The zero-order valence-corrected chi connectivity index (χ0v) is 15.6. The summed E-state index contributed by atoms with van der Waals surface area (Å²) in [4.78, 5) is 11.2. The Morgan fingerprint density at radius 1 is 1.23 bits per heavy atom. The van der Waals surface area contributed by atoms with Crippen LogP contribution in [0.4, 0.5) is 5.95 Å². The highest BCUT2D eigenvalue weighted by Gasteiger charge is 2.33. The Bertz CT molecular complexity index is 737. The van der Waals surface area contributed by atoms with E-state index in [1.165, 1.54) is 5.69 Å². The molecule has 7 nitrogen and oxygen atoms in total. The van der Waals surface area contributed by atoms with Crippen LogP contribution >= 0.6 is 0 Å². The van der Waals surface area contributed by atoms with Gasteiger partial charge >= 0.3 is 0 Å². The Kier molecular flexibility index (Phi) is 4.91. The van der Waals surface area contributed by atoms with Gasteiger partial charge in [0.2, 0.25) is 5.95 Å². The van der Waals surface area contributed by atoms with Gasteiger partial charge in [0.1, 0.15) is 6.10 Å². The highest BCUT2D eigenvalue weighted by atomic mass is 16.3. The first-order valence-electron chi connectivity index (χ1n) is 9.63. The molecule has 2 aliphatic rings. The summed E-state index contributed by atoms with van der Waals surface area (Å²) < 4.78 is 2.08. The summed E-state index contributed by atoms with van der Waals surface area (Å²) in [5.74, 6) is 1.09. The molecule has 1 saturated carbocycles. The van der Waals surface area contributed by atoms with Gasteiger partial charge in [-0.3, -0.25) is 9.58 Å². The fourth-order valence-electron chi connectivity index (χ4n) is 3.51. The lowest BCUT2D eigenvalue weighted by Crippen LogP contribution is -2.23. The molecule has 0 radical (unpaired) electrons. The molecular weight excluding hydrogens is 328 g/mol. The van der Waals surface area contributed by atoms with E-state index in [1.807, 2.05) is 12.4 Å². The number of nitrogens with zero attached hydrogens (tertiary/aromatic N) is 5. The molecule has 1 aliphatic heterocycles. The number of nitrogens with one attached hydrogen (secondary N) is 1. The molecule has 1 fully saturated rings. The smallest absolute Gasteiger partial charge is 0.222 e. The maximum absolute atomic E-state index is 10.4. The van der Waals surface area contributed by atoms with Gasteiger partial charge in [-0.15, -0.1) is 0 Å². The van der Waals surface area contributed by atoms with Crippen LogP contribution in [0.1, 0.15) is 56.2 Å². The molecule has 0 unspecified atom stereocenters.